The predicted molar refractivity (Wildman–Crippen MR) is 136 cm³/mol. The van der Waals surface area contributed by atoms with Gasteiger partial charge in [-0.2, -0.15) is 0 Å². The van der Waals surface area contributed by atoms with Gasteiger partial charge in [0.25, 0.3) is 0 Å². The van der Waals surface area contributed by atoms with E-state index in [9.17, 15) is 14.7 Å². The van der Waals surface area contributed by atoms with Gasteiger partial charge < -0.3 is 15.7 Å². The van der Waals surface area contributed by atoms with Crippen molar-refractivity contribution in [2.24, 2.45) is 29.1 Å². The molecule has 2 aromatic rings. The third-order valence-electron chi connectivity index (χ3n) is 8.67. The summed E-state index contributed by atoms with van der Waals surface area (Å²) in [4.78, 5) is 30.0. The minimum atomic E-state index is -0.576. The molecule has 1 aromatic heterocycles. The van der Waals surface area contributed by atoms with Crippen LogP contribution in [0.4, 0.5) is 0 Å². The zero-order valence-electron chi connectivity index (χ0n) is 21.1. The van der Waals surface area contributed by atoms with Gasteiger partial charge in [0.2, 0.25) is 11.8 Å². The van der Waals surface area contributed by atoms with Crippen LogP contribution in [0, 0.1) is 29.1 Å². The lowest BCUT2D eigenvalue weighted by Crippen LogP contribution is -2.58. The fourth-order valence-electron chi connectivity index (χ4n) is 6.57. The highest BCUT2D eigenvalue weighted by Crippen LogP contribution is 2.55. The fraction of sp³-hybridized carbons (Fsp3) is 0.552. The minimum absolute atomic E-state index is 0.0279. The van der Waals surface area contributed by atoms with Crippen molar-refractivity contribution in [2.75, 3.05) is 0 Å². The molecule has 2 amide bonds. The van der Waals surface area contributed by atoms with Crippen LogP contribution in [0.15, 0.2) is 54.7 Å². The number of amides is 2. The Kier molecular flexibility index (Phi) is 7.90. The Balaban J connectivity index is 1.39. The maximum absolute atomic E-state index is 13.0. The van der Waals surface area contributed by atoms with Crippen molar-refractivity contribution in [1.29, 1.82) is 0 Å². The van der Waals surface area contributed by atoms with Gasteiger partial charge in [-0.3, -0.25) is 14.6 Å². The second-order valence-electron chi connectivity index (χ2n) is 10.9. The first-order valence-electron chi connectivity index (χ1n) is 13.0. The van der Waals surface area contributed by atoms with Crippen molar-refractivity contribution in [3.05, 3.63) is 66.0 Å². The van der Waals surface area contributed by atoms with Gasteiger partial charge in [-0.05, 0) is 66.5 Å². The Morgan fingerprint density at radius 3 is 2.54 bits per heavy atom. The van der Waals surface area contributed by atoms with Gasteiger partial charge in [0.05, 0.1) is 24.8 Å². The van der Waals surface area contributed by atoms with Crippen LogP contribution >= 0.6 is 0 Å². The Labute approximate surface area is 208 Å². The maximum Gasteiger partial charge on any atom is 0.224 e. The quantitative estimate of drug-likeness (QED) is 0.564. The molecule has 35 heavy (non-hydrogen) atoms. The molecule has 1 aromatic carbocycles. The van der Waals surface area contributed by atoms with Crippen LogP contribution in [0.25, 0.3) is 0 Å². The summed E-state index contributed by atoms with van der Waals surface area (Å²) in [7, 11) is 0. The number of carbonyl (C=O) groups excluding carboxylic acids is 2. The molecule has 6 nitrogen and oxygen atoms in total. The molecule has 0 aliphatic heterocycles. The third kappa shape index (κ3) is 5.75. The average molecular weight is 478 g/mol. The van der Waals surface area contributed by atoms with Crippen molar-refractivity contribution in [1.82, 2.24) is 15.6 Å². The van der Waals surface area contributed by atoms with Gasteiger partial charge in [0, 0.05) is 18.2 Å². The van der Waals surface area contributed by atoms with Crippen molar-refractivity contribution in [2.45, 2.75) is 71.6 Å². The Hall–Kier alpha value is -2.73. The second kappa shape index (κ2) is 10.9. The lowest BCUT2D eigenvalue weighted by Gasteiger charge is -2.56. The van der Waals surface area contributed by atoms with E-state index in [0.29, 0.717) is 13.0 Å². The van der Waals surface area contributed by atoms with Crippen LogP contribution in [0.5, 0.6) is 0 Å². The molecule has 2 aliphatic rings. The summed E-state index contributed by atoms with van der Waals surface area (Å²) in [5.41, 5.74) is 1.85. The molecule has 0 spiro atoms. The topological polar surface area (TPSA) is 91.3 Å². The van der Waals surface area contributed by atoms with E-state index in [2.05, 4.69) is 29.5 Å². The van der Waals surface area contributed by atoms with Gasteiger partial charge >= 0.3 is 0 Å². The number of aliphatic hydroxyl groups excluding tert-OH is 1. The molecular weight excluding hydrogens is 438 g/mol. The smallest absolute Gasteiger partial charge is 0.224 e. The lowest BCUT2D eigenvalue weighted by molar-refractivity contribution is -0.143. The maximum atomic E-state index is 13.0. The molecule has 2 saturated carbocycles. The molecule has 6 heteroatoms. The van der Waals surface area contributed by atoms with E-state index in [4.69, 9.17) is 0 Å². The lowest BCUT2D eigenvalue weighted by atomic mass is 9.51. The molecule has 4 rings (SSSR count). The number of nitrogens with zero attached hydrogens (tertiary/aromatic N) is 1. The summed E-state index contributed by atoms with van der Waals surface area (Å²) in [6, 6.07) is 15.5. The summed E-state index contributed by atoms with van der Waals surface area (Å²) in [5.74, 6) is -0.227. The summed E-state index contributed by atoms with van der Waals surface area (Å²) >= 11 is 0. The molecule has 3 N–H and O–H groups in total. The SMILES string of the molecule is CC(C(=O)NCc1ccccn1)C1CCC2(C)CCC(NC(=O)Cc3ccccc3)C(C)C2C1O. The minimum Gasteiger partial charge on any atom is -0.392 e. The van der Waals surface area contributed by atoms with E-state index in [1.165, 1.54) is 0 Å². The molecular formula is C29H39N3O3. The molecule has 2 fully saturated rings. The van der Waals surface area contributed by atoms with E-state index in [1.807, 2.05) is 55.5 Å². The van der Waals surface area contributed by atoms with Gasteiger partial charge in [-0.15, -0.1) is 0 Å². The van der Waals surface area contributed by atoms with Crippen molar-refractivity contribution in [3.63, 3.8) is 0 Å². The van der Waals surface area contributed by atoms with Crippen molar-refractivity contribution >= 4 is 11.8 Å². The molecule has 1 heterocycles. The zero-order chi connectivity index (χ0) is 25.0. The normalized spacial score (nSPS) is 31.1. The molecule has 188 valence electrons. The number of aromatic nitrogens is 1. The van der Waals surface area contributed by atoms with Gasteiger partial charge in [-0.1, -0.05) is 57.2 Å². The first-order valence-corrected chi connectivity index (χ1v) is 13.0. The highest BCUT2D eigenvalue weighted by Gasteiger charge is 2.53. The molecule has 7 unspecified atom stereocenters. The number of hydrogen-bond donors (Lipinski definition) is 3. The average Bonchev–Trinajstić information content (AvgIpc) is 2.85. The molecule has 0 bridgehead atoms. The van der Waals surface area contributed by atoms with Crippen molar-refractivity contribution in [3.8, 4) is 0 Å². The molecule has 7 atom stereocenters. The summed E-state index contributed by atoms with van der Waals surface area (Å²) in [5, 5.41) is 17.8. The van der Waals surface area contributed by atoms with Crippen LogP contribution < -0.4 is 10.6 Å². The Morgan fingerprint density at radius 1 is 1.11 bits per heavy atom. The third-order valence-corrected chi connectivity index (χ3v) is 8.67. The van der Waals surface area contributed by atoms with Crippen LogP contribution in [0.2, 0.25) is 0 Å². The highest BCUT2D eigenvalue weighted by molar-refractivity contribution is 5.79. The van der Waals surface area contributed by atoms with Gasteiger partial charge in [0.15, 0.2) is 0 Å². The number of aliphatic hydroxyl groups is 1. The Morgan fingerprint density at radius 2 is 1.83 bits per heavy atom. The molecule has 0 radical (unpaired) electrons. The number of fused-ring (bicyclic) bond motifs is 1. The first kappa shape index (κ1) is 25.4. The number of pyridine rings is 1. The van der Waals surface area contributed by atoms with Gasteiger partial charge in [-0.25, -0.2) is 0 Å². The van der Waals surface area contributed by atoms with Crippen molar-refractivity contribution < 1.29 is 14.7 Å². The number of carbonyl (C=O) groups is 2. The summed E-state index contributed by atoms with van der Waals surface area (Å²) in [6.45, 7) is 6.76. The zero-order valence-corrected chi connectivity index (χ0v) is 21.1. The standard InChI is InChI=1S/C29H39N3O3/c1-19(28(35)31-18-22-11-7-8-16-30-22)23-12-14-29(3)15-13-24(20(2)26(29)27(23)34)32-25(33)17-21-9-5-4-6-10-21/h4-11,16,19-20,23-24,26-27,34H,12-15,17-18H2,1-3H3,(H,31,35)(H,32,33). The monoisotopic (exact) mass is 477 g/mol. The van der Waals surface area contributed by atoms with E-state index < -0.39 is 6.10 Å². The number of nitrogens with one attached hydrogen (secondary N) is 2. The number of hydrogen-bond acceptors (Lipinski definition) is 4. The summed E-state index contributed by atoms with van der Waals surface area (Å²) in [6.07, 6.45) is 5.24. The summed E-state index contributed by atoms with van der Waals surface area (Å²) < 4.78 is 0. The number of rotatable bonds is 7. The van der Waals surface area contributed by atoms with E-state index >= 15 is 0 Å². The van der Waals surface area contributed by atoms with Crippen LogP contribution in [0.3, 0.4) is 0 Å². The fourth-order valence-corrected chi connectivity index (χ4v) is 6.57. The molecule has 0 saturated heterocycles. The van der Waals surface area contributed by atoms with Crippen LogP contribution in [0.1, 0.15) is 57.7 Å². The second-order valence-corrected chi connectivity index (χ2v) is 10.9. The van der Waals surface area contributed by atoms with Crippen LogP contribution in [-0.2, 0) is 22.6 Å². The predicted octanol–water partition coefficient (Wildman–Crippen LogP) is 3.88. The molecule has 2 aliphatic carbocycles. The first-order chi connectivity index (χ1) is 16.8. The van der Waals surface area contributed by atoms with Crippen LogP contribution in [-0.4, -0.2) is 34.1 Å². The largest absolute Gasteiger partial charge is 0.392 e. The number of benzene rings is 1. The van der Waals surface area contributed by atoms with E-state index in [0.717, 1.165) is 36.9 Å². The Bertz CT molecular complexity index is 999. The van der Waals surface area contributed by atoms with E-state index in [-0.39, 0.29) is 46.9 Å². The van der Waals surface area contributed by atoms with Gasteiger partial charge in [0.1, 0.15) is 0 Å². The van der Waals surface area contributed by atoms with E-state index in [1.54, 1.807) is 6.20 Å². The highest BCUT2D eigenvalue weighted by atomic mass is 16.3.